The third-order valence-electron chi connectivity index (χ3n) is 3.10. The standard InChI is InChI=1S/C14H21N3O2/c1-14(2,11-17-6-8-19-9-7-17)16-13(18)12-4-3-5-15-10-12/h3-5,10H,6-9,11H2,1-2H3,(H,16,18). The molecule has 0 atom stereocenters. The second kappa shape index (κ2) is 6.12. The van der Waals surface area contributed by atoms with E-state index >= 15 is 0 Å². The fourth-order valence-electron chi connectivity index (χ4n) is 2.23. The highest BCUT2D eigenvalue weighted by Gasteiger charge is 2.25. The van der Waals surface area contributed by atoms with Gasteiger partial charge in [0.1, 0.15) is 0 Å². The minimum Gasteiger partial charge on any atom is -0.379 e. The molecular formula is C14H21N3O2. The number of hydrogen-bond donors (Lipinski definition) is 1. The van der Waals surface area contributed by atoms with Crippen LogP contribution in [0.2, 0.25) is 0 Å². The minimum atomic E-state index is -0.274. The maximum atomic E-state index is 12.1. The molecule has 1 aromatic heterocycles. The van der Waals surface area contributed by atoms with Crippen molar-refractivity contribution in [3.63, 3.8) is 0 Å². The largest absolute Gasteiger partial charge is 0.379 e. The average Bonchev–Trinajstić information content (AvgIpc) is 2.39. The lowest BCUT2D eigenvalue weighted by Gasteiger charge is -2.35. The zero-order valence-corrected chi connectivity index (χ0v) is 11.6. The number of hydrogen-bond acceptors (Lipinski definition) is 4. The van der Waals surface area contributed by atoms with E-state index in [1.165, 1.54) is 0 Å². The van der Waals surface area contributed by atoms with Crippen molar-refractivity contribution in [3.05, 3.63) is 30.1 Å². The molecule has 0 radical (unpaired) electrons. The fraction of sp³-hybridized carbons (Fsp3) is 0.571. The molecule has 1 N–H and O–H groups in total. The topological polar surface area (TPSA) is 54.5 Å². The lowest BCUT2D eigenvalue weighted by molar-refractivity contribution is 0.0269. The summed E-state index contributed by atoms with van der Waals surface area (Å²) >= 11 is 0. The van der Waals surface area contributed by atoms with E-state index in [4.69, 9.17) is 4.74 Å². The quantitative estimate of drug-likeness (QED) is 0.878. The molecule has 5 nitrogen and oxygen atoms in total. The Morgan fingerprint density at radius 3 is 2.84 bits per heavy atom. The summed E-state index contributed by atoms with van der Waals surface area (Å²) < 4.78 is 5.33. The Labute approximate surface area is 114 Å². The van der Waals surface area contributed by atoms with Gasteiger partial charge in [0.15, 0.2) is 0 Å². The maximum Gasteiger partial charge on any atom is 0.253 e. The van der Waals surface area contributed by atoms with Crippen LogP contribution in [0.1, 0.15) is 24.2 Å². The third kappa shape index (κ3) is 4.29. The second-order valence-corrected chi connectivity index (χ2v) is 5.47. The number of aromatic nitrogens is 1. The van der Waals surface area contributed by atoms with Gasteiger partial charge in [0.05, 0.1) is 18.8 Å². The molecule has 104 valence electrons. The molecule has 1 amide bonds. The Morgan fingerprint density at radius 1 is 1.47 bits per heavy atom. The average molecular weight is 263 g/mol. The van der Waals surface area contributed by atoms with Gasteiger partial charge in [0, 0.05) is 37.6 Å². The first kappa shape index (κ1) is 14.0. The fourth-order valence-corrected chi connectivity index (χ4v) is 2.23. The zero-order chi connectivity index (χ0) is 13.7. The van der Waals surface area contributed by atoms with E-state index in [1.54, 1.807) is 24.5 Å². The molecule has 0 unspecified atom stereocenters. The molecule has 0 spiro atoms. The van der Waals surface area contributed by atoms with Crippen molar-refractivity contribution in [1.29, 1.82) is 0 Å². The molecule has 1 aliphatic rings. The van der Waals surface area contributed by atoms with Crippen LogP contribution in [-0.4, -0.2) is 54.2 Å². The summed E-state index contributed by atoms with van der Waals surface area (Å²) in [4.78, 5) is 18.4. The summed E-state index contributed by atoms with van der Waals surface area (Å²) in [5, 5.41) is 3.06. The summed E-state index contributed by atoms with van der Waals surface area (Å²) in [5.74, 6) is -0.0774. The molecule has 1 fully saturated rings. The van der Waals surface area contributed by atoms with Crippen LogP contribution in [0.3, 0.4) is 0 Å². The van der Waals surface area contributed by atoms with E-state index in [9.17, 15) is 4.79 Å². The van der Waals surface area contributed by atoms with Crippen molar-refractivity contribution < 1.29 is 9.53 Å². The zero-order valence-electron chi connectivity index (χ0n) is 11.6. The summed E-state index contributed by atoms with van der Waals surface area (Å²) in [7, 11) is 0. The molecular weight excluding hydrogens is 242 g/mol. The van der Waals surface area contributed by atoms with Crippen molar-refractivity contribution in [3.8, 4) is 0 Å². The number of nitrogens with zero attached hydrogens (tertiary/aromatic N) is 2. The number of amides is 1. The van der Waals surface area contributed by atoms with Gasteiger partial charge in [-0.25, -0.2) is 0 Å². The molecule has 1 aromatic rings. The van der Waals surface area contributed by atoms with Crippen molar-refractivity contribution in [2.24, 2.45) is 0 Å². The molecule has 0 aliphatic carbocycles. The lowest BCUT2D eigenvalue weighted by Crippen LogP contribution is -2.53. The smallest absolute Gasteiger partial charge is 0.253 e. The van der Waals surface area contributed by atoms with Gasteiger partial charge in [-0.2, -0.15) is 0 Å². The predicted octanol–water partition coefficient (Wildman–Crippen LogP) is 0.922. The summed E-state index contributed by atoms with van der Waals surface area (Å²) in [6.45, 7) is 8.29. The van der Waals surface area contributed by atoms with Crippen LogP contribution in [0.25, 0.3) is 0 Å². The van der Waals surface area contributed by atoms with Crippen LogP contribution < -0.4 is 5.32 Å². The SMILES string of the molecule is CC(C)(CN1CCOCC1)NC(=O)c1cccnc1. The minimum absolute atomic E-state index is 0.0774. The van der Waals surface area contributed by atoms with Gasteiger partial charge in [0.2, 0.25) is 0 Å². The van der Waals surface area contributed by atoms with E-state index in [-0.39, 0.29) is 11.4 Å². The number of carbonyl (C=O) groups excluding carboxylic acids is 1. The molecule has 0 aromatic carbocycles. The summed E-state index contributed by atoms with van der Waals surface area (Å²) in [5.41, 5.74) is 0.321. The molecule has 19 heavy (non-hydrogen) atoms. The number of rotatable bonds is 4. The molecule has 2 heterocycles. The van der Waals surface area contributed by atoms with E-state index in [1.807, 2.05) is 13.8 Å². The van der Waals surface area contributed by atoms with Gasteiger partial charge in [-0.3, -0.25) is 14.7 Å². The van der Waals surface area contributed by atoms with Crippen molar-refractivity contribution in [2.45, 2.75) is 19.4 Å². The van der Waals surface area contributed by atoms with Gasteiger partial charge in [-0.1, -0.05) is 0 Å². The van der Waals surface area contributed by atoms with Crippen LogP contribution in [0, 0.1) is 0 Å². The molecule has 0 bridgehead atoms. The van der Waals surface area contributed by atoms with Crippen LogP contribution in [0.15, 0.2) is 24.5 Å². The molecule has 0 saturated carbocycles. The second-order valence-electron chi connectivity index (χ2n) is 5.47. The van der Waals surface area contributed by atoms with Crippen molar-refractivity contribution in [2.75, 3.05) is 32.8 Å². The molecule has 5 heteroatoms. The highest BCUT2D eigenvalue weighted by molar-refractivity contribution is 5.94. The Bertz CT molecular complexity index is 414. The number of ether oxygens (including phenoxy) is 1. The Balaban J connectivity index is 1.91. The number of pyridine rings is 1. The predicted molar refractivity (Wildman–Crippen MR) is 73.0 cm³/mol. The van der Waals surface area contributed by atoms with Gasteiger partial charge >= 0.3 is 0 Å². The monoisotopic (exact) mass is 263 g/mol. The van der Waals surface area contributed by atoms with Crippen molar-refractivity contribution >= 4 is 5.91 Å². The van der Waals surface area contributed by atoms with Gasteiger partial charge in [-0.15, -0.1) is 0 Å². The van der Waals surface area contributed by atoms with Crippen LogP contribution in [0.5, 0.6) is 0 Å². The molecule has 1 aliphatic heterocycles. The first-order valence-corrected chi connectivity index (χ1v) is 6.59. The maximum absolute atomic E-state index is 12.1. The normalized spacial score (nSPS) is 17.2. The first-order chi connectivity index (χ1) is 9.07. The number of nitrogens with one attached hydrogen (secondary N) is 1. The van der Waals surface area contributed by atoms with Crippen LogP contribution in [0.4, 0.5) is 0 Å². The summed E-state index contributed by atoms with van der Waals surface area (Å²) in [6, 6.07) is 3.54. The Kier molecular flexibility index (Phi) is 4.50. The van der Waals surface area contributed by atoms with E-state index < -0.39 is 0 Å². The Hall–Kier alpha value is -1.46. The first-order valence-electron chi connectivity index (χ1n) is 6.59. The Morgan fingerprint density at radius 2 is 2.21 bits per heavy atom. The molecule has 2 rings (SSSR count). The highest BCUT2D eigenvalue weighted by atomic mass is 16.5. The van der Waals surface area contributed by atoms with Crippen LogP contribution in [-0.2, 0) is 4.74 Å². The summed E-state index contributed by atoms with van der Waals surface area (Å²) in [6.07, 6.45) is 3.25. The number of morpholine rings is 1. The van der Waals surface area contributed by atoms with E-state index in [2.05, 4.69) is 15.2 Å². The van der Waals surface area contributed by atoms with Crippen LogP contribution >= 0.6 is 0 Å². The third-order valence-corrected chi connectivity index (χ3v) is 3.10. The van der Waals surface area contributed by atoms with Gasteiger partial charge < -0.3 is 10.1 Å². The highest BCUT2D eigenvalue weighted by Crippen LogP contribution is 2.09. The van der Waals surface area contributed by atoms with Gasteiger partial charge in [0.25, 0.3) is 5.91 Å². The lowest BCUT2D eigenvalue weighted by atomic mass is 10.0. The van der Waals surface area contributed by atoms with Gasteiger partial charge in [-0.05, 0) is 26.0 Å². The number of carbonyl (C=O) groups is 1. The van der Waals surface area contributed by atoms with Crippen molar-refractivity contribution in [1.82, 2.24) is 15.2 Å². The van der Waals surface area contributed by atoms with E-state index in [0.29, 0.717) is 5.56 Å². The van der Waals surface area contributed by atoms with E-state index in [0.717, 1.165) is 32.8 Å². The molecule has 1 saturated heterocycles.